The minimum Gasteiger partial charge on any atom is -0.446 e. The summed E-state index contributed by atoms with van der Waals surface area (Å²) in [5.74, 6) is -0.385. The van der Waals surface area contributed by atoms with Gasteiger partial charge in [0.2, 0.25) is 5.91 Å². The zero-order valence-electron chi connectivity index (χ0n) is 11.8. The molecular weight excluding hydrogens is 242 g/mol. The number of hydrogen-bond acceptors (Lipinski definition) is 3. The Balaban J connectivity index is 3.02. The lowest BCUT2D eigenvalue weighted by Gasteiger charge is -2.23. The summed E-state index contributed by atoms with van der Waals surface area (Å²) in [7, 11) is 0. The van der Waals surface area contributed by atoms with Crippen molar-refractivity contribution in [2.75, 3.05) is 6.61 Å². The van der Waals surface area contributed by atoms with Gasteiger partial charge in [-0.05, 0) is 18.9 Å². The van der Waals surface area contributed by atoms with E-state index < -0.39 is 6.09 Å². The summed E-state index contributed by atoms with van der Waals surface area (Å²) in [4.78, 5) is 25.2. The number of imide groups is 1. The highest BCUT2D eigenvalue weighted by Gasteiger charge is 2.40. The molecule has 19 heavy (non-hydrogen) atoms. The van der Waals surface area contributed by atoms with Gasteiger partial charge in [-0.15, -0.1) is 0 Å². The highest BCUT2D eigenvalue weighted by atomic mass is 16.6. The summed E-state index contributed by atoms with van der Waals surface area (Å²) in [6, 6.07) is -0.373. The van der Waals surface area contributed by atoms with E-state index in [1.165, 1.54) is 4.90 Å². The summed E-state index contributed by atoms with van der Waals surface area (Å²) in [6.45, 7) is 9.56. The second kappa shape index (κ2) is 6.92. The lowest BCUT2D eigenvalue weighted by Crippen LogP contribution is -2.42. The molecule has 1 aliphatic heterocycles. The van der Waals surface area contributed by atoms with Gasteiger partial charge in [-0.25, -0.2) is 9.69 Å². The van der Waals surface area contributed by atoms with E-state index in [4.69, 9.17) is 4.74 Å². The number of allylic oxidation sites excluding steroid dienone is 3. The van der Waals surface area contributed by atoms with Crippen LogP contribution < -0.4 is 0 Å². The molecule has 4 heteroatoms. The maximum atomic E-state index is 12.2. The molecule has 0 aliphatic carbocycles. The van der Waals surface area contributed by atoms with Crippen molar-refractivity contribution in [1.29, 1.82) is 0 Å². The average molecular weight is 263 g/mol. The Morgan fingerprint density at radius 2 is 2.32 bits per heavy atom. The largest absolute Gasteiger partial charge is 0.446 e. The molecule has 1 saturated heterocycles. The Morgan fingerprint density at radius 1 is 1.63 bits per heavy atom. The number of rotatable bonds is 5. The number of nitrogens with zero attached hydrogens (tertiary/aromatic N) is 1. The van der Waals surface area contributed by atoms with Crippen LogP contribution in [0.2, 0.25) is 0 Å². The van der Waals surface area contributed by atoms with Gasteiger partial charge in [0.1, 0.15) is 12.6 Å². The SMILES string of the molecule is C=C/C(=C\C=C/C)[C@@H]1COC(=O)N1C(=O)C(C)CC. The van der Waals surface area contributed by atoms with Crippen molar-refractivity contribution in [3.05, 3.63) is 36.5 Å². The van der Waals surface area contributed by atoms with Crippen molar-refractivity contribution in [3.8, 4) is 0 Å². The van der Waals surface area contributed by atoms with Crippen LogP contribution in [0.1, 0.15) is 27.2 Å². The molecule has 0 aromatic heterocycles. The maximum absolute atomic E-state index is 12.2. The van der Waals surface area contributed by atoms with Crippen LogP contribution in [-0.4, -0.2) is 29.5 Å². The summed E-state index contributed by atoms with van der Waals surface area (Å²) in [6.07, 6.45) is 7.36. The number of hydrogen-bond donors (Lipinski definition) is 0. The molecule has 0 N–H and O–H groups in total. The van der Waals surface area contributed by atoms with Crippen molar-refractivity contribution in [1.82, 2.24) is 4.90 Å². The van der Waals surface area contributed by atoms with E-state index in [0.717, 1.165) is 5.57 Å². The van der Waals surface area contributed by atoms with Crippen molar-refractivity contribution in [3.63, 3.8) is 0 Å². The van der Waals surface area contributed by atoms with Crippen LogP contribution in [0.5, 0.6) is 0 Å². The van der Waals surface area contributed by atoms with E-state index in [2.05, 4.69) is 6.58 Å². The Labute approximate surface area is 114 Å². The van der Waals surface area contributed by atoms with Crippen LogP contribution >= 0.6 is 0 Å². The summed E-state index contributed by atoms with van der Waals surface area (Å²) in [5.41, 5.74) is 0.806. The number of ether oxygens (including phenoxy) is 1. The lowest BCUT2D eigenvalue weighted by atomic mass is 10.0. The second-order valence-corrected chi connectivity index (χ2v) is 4.51. The predicted octanol–water partition coefficient (Wildman–Crippen LogP) is 3.07. The first-order chi connectivity index (χ1) is 9.06. The van der Waals surface area contributed by atoms with E-state index in [0.29, 0.717) is 6.42 Å². The molecule has 2 amide bonds. The first-order valence-electron chi connectivity index (χ1n) is 6.51. The fraction of sp³-hybridized carbons (Fsp3) is 0.467. The van der Waals surface area contributed by atoms with E-state index in [-0.39, 0.29) is 24.5 Å². The van der Waals surface area contributed by atoms with Gasteiger partial charge in [0, 0.05) is 5.92 Å². The average Bonchev–Trinajstić information content (AvgIpc) is 2.80. The monoisotopic (exact) mass is 263 g/mol. The van der Waals surface area contributed by atoms with Crippen molar-refractivity contribution >= 4 is 12.0 Å². The Morgan fingerprint density at radius 3 is 2.84 bits per heavy atom. The zero-order chi connectivity index (χ0) is 14.4. The maximum Gasteiger partial charge on any atom is 0.417 e. The predicted molar refractivity (Wildman–Crippen MR) is 74.5 cm³/mol. The smallest absolute Gasteiger partial charge is 0.417 e. The molecule has 1 fully saturated rings. The van der Waals surface area contributed by atoms with E-state index in [1.54, 1.807) is 6.08 Å². The van der Waals surface area contributed by atoms with Crippen molar-refractivity contribution < 1.29 is 14.3 Å². The van der Waals surface area contributed by atoms with E-state index in [1.807, 2.05) is 39.0 Å². The molecule has 0 saturated carbocycles. The molecule has 4 nitrogen and oxygen atoms in total. The summed E-state index contributed by atoms with van der Waals surface area (Å²) < 4.78 is 5.01. The third-order valence-corrected chi connectivity index (χ3v) is 3.25. The highest BCUT2D eigenvalue weighted by Crippen LogP contribution is 2.23. The molecule has 0 aromatic carbocycles. The Hall–Kier alpha value is -1.84. The summed E-state index contributed by atoms with van der Waals surface area (Å²) in [5, 5.41) is 0. The molecule has 104 valence electrons. The van der Waals surface area contributed by atoms with E-state index >= 15 is 0 Å². The van der Waals surface area contributed by atoms with E-state index in [9.17, 15) is 9.59 Å². The highest BCUT2D eigenvalue weighted by molar-refractivity contribution is 5.95. The zero-order valence-corrected chi connectivity index (χ0v) is 11.8. The molecule has 0 radical (unpaired) electrons. The van der Waals surface area contributed by atoms with Crippen LogP contribution in [0.25, 0.3) is 0 Å². The van der Waals surface area contributed by atoms with Gasteiger partial charge in [0.05, 0.1) is 0 Å². The Bertz CT molecular complexity index is 423. The molecule has 0 aromatic rings. The number of carbonyl (C=O) groups excluding carboxylic acids is 2. The fourth-order valence-electron chi connectivity index (χ4n) is 1.84. The molecule has 1 rings (SSSR count). The normalized spacial score (nSPS) is 21.6. The molecule has 0 spiro atoms. The minimum atomic E-state index is -0.566. The third kappa shape index (κ3) is 3.34. The van der Waals surface area contributed by atoms with Crippen LogP contribution in [0.15, 0.2) is 36.5 Å². The van der Waals surface area contributed by atoms with Gasteiger partial charge in [0.25, 0.3) is 0 Å². The number of cyclic esters (lactones) is 1. The standard InChI is InChI=1S/C15H21NO3/c1-5-8-9-12(7-3)13-10-19-15(18)16(13)14(17)11(4)6-2/h5,7-9,11,13H,3,6,10H2,1-2,4H3/b8-5-,12-9+/t11?,13-/m0/s1. The third-order valence-electron chi connectivity index (χ3n) is 3.25. The molecule has 2 atom stereocenters. The van der Waals surface area contributed by atoms with Crippen LogP contribution in [0.4, 0.5) is 4.79 Å². The Kier molecular flexibility index (Phi) is 5.55. The van der Waals surface area contributed by atoms with Crippen LogP contribution in [0.3, 0.4) is 0 Å². The van der Waals surface area contributed by atoms with Gasteiger partial charge in [0.15, 0.2) is 0 Å². The molecular formula is C15H21NO3. The minimum absolute atomic E-state index is 0.191. The number of amides is 2. The molecule has 1 unspecified atom stereocenters. The van der Waals surface area contributed by atoms with Crippen molar-refractivity contribution in [2.45, 2.75) is 33.2 Å². The molecule has 1 heterocycles. The topological polar surface area (TPSA) is 46.6 Å². The first-order valence-corrected chi connectivity index (χ1v) is 6.51. The van der Waals surface area contributed by atoms with Gasteiger partial charge >= 0.3 is 6.09 Å². The quantitative estimate of drug-likeness (QED) is 0.716. The molecule has 1 aliphatic rings. The van der Waals surface area contributed by atoms with Crippen LogP contribution in [-0.2, 0) is 9.53 Å². The van der Waals surface area contributed by atoms with Gasteiger partial charge < -0.3 is 4.74 Å². The van der Waals surface area contributed by atoms with Gasteiger partial charge in [-0.3, -0.25) is 4.79 Å². The van der Waals surface area contributed by atoms with Crippen LogP contribution in [0, 0.1) is 5.92 Å². The van der Waals surface area contributed by atoms with Gasteiger partial charge in [-0.1, -0.05) is 44.7 Å². The second-order valence-electron chi connectivity index (χ2n) is 4.51. The summed E-state index contributed by atoms with van der Waals surface area (Å²) >= 11 is 0. The fourth-order valence-corrected chi connectivity index (χ4v) is 1.84. The lowest BCUT2D eigenvalue weighted by molar-refractivity contribution is -0.132. The van der Waals surface area contributed by atoms with Gasteiger partial charge in [-0.2, -0.15) is 0 Å². The first kappa shape index (κ1) is 15.2. The number of carbonyl (C=O) groups is 2. The van der Waals surface area contributed by atoms with Crippen molar-refractivity contribution in [2.24, 2.45) is 5.92 Å². The molecule has 0 bridgehead atoms.